The number of nitrogen functional groups attached to an aromatic ring is 1. The van der Waals surface area contributed by atoms with Gasteiger partial charge in [0.2, 0.25) is 5.91 Å². The van der Waals surface area contributed by atoms with Crippen LogP contribution >= 0.6 is 0 Å². The lowest BCUT2D eigenvalue weighted by molar-refractivity contribution is -0.126. The molecule has 2 heterocycles. The van der Waals surface area contributed by atoms with Crippen molar-refractivity contribution in [3.63, 3.8) is 0 Å². The lowest BCUT2D eigenvalue weighted by Gasteiger charge is -2.35. The predicted molar refractivity (Wildman–Crippen MR) is 92.9 cm³/mol. The summed E-state index contributed by atoms with van der Waals surface area (Å²) >= 11 is 0. The van der Waals surface area contributed by atoms with Gasteiger partial charge >= 0.3 is 0 Å². The van der Waals surface area contributed by atoms with Crippen LogP contribution in [0.1, 0.15) is 5.56 Å². The monoisotopic (exact) mass is 308 g/mol. The van der Waals surface area contributed by atoms with Crippen molar-refractivity contribution < 1.29 is 4.79 Å². The number of hydrogen-bond acceptors (Lipinski definition) is 4. The zero-order chi connectivity index (χ0) is 16.1. The molecule has 3 rings (SSSR count). The fourth-order valence-electron chi connectivity index (χ4n) is 2.61. The van der Waals surface area contributed by atoms with E-state index in [1.165, 1.54) is 0 Å². The second-order valence-corrected chi connectivity index (χ2v) is 5.50. The Hall–Kier alpha value is -2.82. The standard InChI is InChI=1S/C18H20N4O/c19-17-8-7-16(14-20-17)21-10-12-22(13-11-21)18(23)9-6-15-4-2-1-3-5-15/h1-9,14H,10-13H2,(H2,19,20)/b9-6+. The average Bonchev–Trinajstić information content (AvgIpc) is 2.61. The van der Waals surface area contributed by atoms with E-state index in [0.717, 1.165) is 24.3 Å². The highest BCUT2D eigenvalue weighted by Crippen LogP contribution is 2.16. The average molecular weight is 308 g/mol. The number of carbonyl (C=O) groups is 1. The first-order valence-electron chi connectivity index (χ1n) is 7.71. The summed E-state index contributed by atoms with van der Waals surface area (Å²) in [6.07, 6.45) is 5.29. The molecule has 0 unspecified atom stereocenters. The molecule has 1 amide bonds. The minimum Gasteiger partial charge on any atom is -0.384 e. The van der Waals surface area contributed by atoms with E-state index in [-0.39, 0.29) is 5.91 Å². The largest absolute Gasteiger partial charge is 0.384 e. The Morgan fingerprint density at radius 1 is 1.04 bits per heavy atom. The number of aromatic nitrogens is 1. The summed E-state index contributed by atoms with van der Waals surface area (Å²) in [5.74, 6) is 0.581. The van der Waals surface area contributed by atoms with Crippen LogP contribution in [0, 0.1) is 0 Å². The van der Waals surface area contributed by atoms with Gasteiger partial charge in [-0.1, -0.05) is 30.3 Å². The third-order valence-corrected chi connectivity index (χ3v) is 3.95. The maximum atomic E-state index is 12.3. The van der Waals surface area contributed by atoms with Crippen LogP contribution in [0.25, 0.3) is 6.08 Å². The van der Waals surface area contributed by atoms with Crippen LogP contribution in [-0.2, 0) is 4.79 Å². The number of hydrogen-bond donors (Lipinski definition) is 1. The van der Waals surface area contributed by atoms with Gasteiger partial charge in [0.15, 0.2) is 0 Å². The highest BCUT2D eigenvalue weighted by atomic mass is 16.2. The van der Waals surface area contributed by atoms with Crippen molar-refractivity contribution in [3.8, 4) is 0 Å². The number of pyridine rings is 1. The smallest absolute Gasteiger partial charge is 0.246 e. The molecule has 1 aliphatic rings. The Morgan fingerprint density at radius 3 is 2.43 bits per heavy atom. The van der Waals surface area contributed by atoms with Gasteiger partial charge < -0.3 is 15.5 Å². The van der Waals surface area contributed by atoms with Gasteiger partial charge in [0.05, 0.1) is 11.9 Å². The SMILES string of the molecule is Nc1ccc(N2CCN(C(=O)/C=C/c3ccccc3)CC2)cn1. The molecule has 0 atom stereocenters. The third-order valence-electron chi connectivity index (χ3n) is 3.95. The number of anilines is 2. The summed E-state index contributed by atoms with van der Waals surface area (Å²) < 4.78 is 0. The minimum absolute atomic E-state index is 0.0592. The quantitative estimate of drug-likeness (QED) is 0.881. The van der Waals surface area contributed by atoms with E-state index in [4.69, 9.17) is 5.73 Å². The first-order chi connectivity index (χ1) is 11.2. The molecule has 23 heavy (non-hydrogen) atoms. The fraction of sp³-hybridized carbons (Fsp3) is 0.222. The number of piperazine rings is 1. The summed E-state index contributed by atoms with van der Waals surface area (Å²) in [5.41, 5.74) is 7.69. The van der Waals surface area contributed by atoms with Gasteiger partial charge in [0.1, 0.15) is 5.82 Å². The van der Waals surface area contributed by atoms with E-state index in [2.05, 4.69) is 9.88 Å². The molecule has 1 fully saturated rings. The van der Waals surface area contributed by atoms with Crippen LogP contribution < -0.4 is 10.6 Å². The Kier molecular flexibility index (Phi) is 4.57. The van der Waals surface area contributed by atoms with Crippen LogP contribution in [0.2, 0.25) is 0 Å². The van der Waals surface area contributed by atoms with Crippen molar-refractivity contribution in [2.24, 2.45) is 0 Å². The normalized spacial score (nSPS) is 15.1. The number of nitrogens with zero attached hydrogens (tertiary/aromatic N) is 3. The Bertz CT molecular complexity index is 674. The predicted octanol–water partition coefficient (Wildman–Crippen LogP) is 2.03. The molecule has 0 spiro atoms. The molecule has 0 radical (unpaired) electrons. The maximum Gasteiger partial charge on any atom is 0.246 e. The zero-order valence-electron chi connectivity index (χ0n) is 12.9. The van der Waals surface area contributed by atoms with Gasteiger partial charge in [0, 0.05) is 32.3 Å². The molecular weight excluding hydrogens is 288 g/mol. The highest BCUT2D eigenvalue weighted by molar-refractivity contribution is 5.91. The Morgan fingerprint density at radius 2 is 1.78 bits per heavy atom. The molecule has 5 heteroatoms. The molecule has 0 saturated carbocycles. The van der Waals surface area contributed by atoms with Crippen molar-refractivity contribution in [1.82, 2.24) is 9.88 Å². The van der Waals surface area contributed by atoms with Gasteiger partial charge in [-0.05, 0) is 23.8 Å². The molecule has 0 bridgehead atoms. The second kappa shape index (κ2) is 6.96. The highest BCUT2D eigenvalue weighted by Gasteiger charge is 2.19. The maximum absolute atomic E-state index is 12.3. The summed E-state index contributed by atoms with van der Waals surface area (Å²) in [4.78, 5) is 20.5. The topological polar surface area (TPSA) is 62.5 Å². The Balaban J connectivity index is 1.55. The minimum atomic E-state index is 0.0592. The molecule has 1 saturated heterocycles. The van der Waals surface area contributed by atoms with E-state index < -0.39 is 0 Å². The van der Waals surface area contributed by atoms with Crippen molar-refractivity contribution in [2.45, 2.75) is 0 Å². The first kappa shape index (κ1) is 15.1. The van der Waals surface area contributed by atoms with E-state index >= 15 is 0 Å². The van der Waals surface area contributed by atoms with Crippen LogP contribution in [-0.4, -0.2) is 42.0 Å². The van der Waals surface area contributed by atoms with Gasteiger partial charge in [-0.15, -0.1) is 0 Å². The van der Waals surface area contributed by atoms with Crippen LogP contribution in [0.3, 0.4) is 0 Å². The van der Waals surface area contributed by atoms with Crippen molar-refractivity contribution >= 4 is 23.5 Å². The fourth-order valence-corrected chi connectivity index (χ4v) is 2.61. The zero-order valence-corrected chi connectivity index (χ0v) is 12.9. The lowest BCUT2D eigenvalue weighted by atomic mass is 10.2. The van der Waals surface area contributed by atoms with Crippen molar-refractivity contribution in [1.29, 1.82) is 0 Å². The molecule has 118 valence electrons. The molecule has 1 aromatic carbocycles. The molecule has 1 aromatic heterocycles. The Labute approximate surface area is 136 Å². The molecule has 1 aliphatic heterocycles. The van der Waals surface area contributed by atoms with Crippen LogP contribution in [0.4, 0.5) is 11.5 Å². The van der Waals surface area contributed by atoms with Gasteiger partial charge in [-0.2, -0.15) is 0 Å². The van der Waals surface area contributed by atoms with Gasteiger partial charge in [0.25, 0.3) is 0 Å². The number of benzene rings is 1. The van der Waals surface area contributed by atoms with Crippen molar-refractivity contribution in [3.05, 3.63) is 60.3 Å². The molecule has 2 N–H and O–H groups in total. The first-order valence-corrected chi connectivity index (χ1v) is 7.71. The van der Waals surface area contributed by atoms with E-state index in [1.54, 1.807) is 18.3 Å². The van der Waals surface area contributed by atoms with Crippen LogP contribution in [0.5, 0.6) is 0 Å². The number of nitrogens with two attached hydrogens (primary N) is 1. The van der Waals surface area contributed by atoms with Crippen LogP contribution in [0.15, 0.2) is 54.7 Å². The third kappa shape index (κ3) is 3.88. The summed E-state index contributed by atoms with van der Waals surface area (Å²) in [6.45, 7) is 3.03. The van der Waals surface area contributed by atoms with E-state index in [0.29, 0.717) is 18.9 Å². The molecule has 2 aromatic rings. The summed E-state index contributed by atoms with van der Waals surface area (Å²) in [6, 6.07) is 13.6. The van der Waals surface area contributed by atoms with E-state index in [9.17, 15) is 4.79 Å². The summed E-state index contributed by atoms with van der Waals surface area (Å²) in [5, 5.41) is 0. The van der Waals surface area contributed by atoms with Gasteiger partial charge in [-0.3, -0.25) is 4.79 Å². The van der Waals surface area contributed by atoms with Crippen molar-refractivity contribution in [2.75, 3.05) is 36.8 Å². The lowest BCUT2D eigenvalue weighted by Crippen LogP contribution is -2.48. The number of amides is 1. The van der Waals surface area contributed by atoms with Gasteiger partial charge in [-0.25, -0.2) is 4.98 Å². The number of rotatable bonds is 3. The molecule has 5 nitrogen and oxygen atoms in total. The molecule has 0 aliphatic carbocycles. The molecular formula is C18H20N4O. The number of carbonyl (C=O) groups excluding carboxylic acids is 1. The second-order valence-electron chi connectivity index (χ2n) is 5.50. The van der Waals surface area contributed by atoms with E-state index in [1.807, 2.05) is 47.4 Å². The summed E-state index contributed by atoms with van der Waals surface area (Å²) in [7, 11) is 0.